The van der Waals surface area contributed by atoms with Gasteiger partial charge in [0.05, 0.1) is 17.3 Å². The number of nitrogens with zero attached hydrogens (tertiary/aromatic N) is 1. The summed E-state index contributed by atoms with van der Waals surface area (Å²) in [6.45, 7) is 4.13. The molecule has 4 rings (SSSR count). The van der Waals surface area contributed by atoms with Crippen molar-refractivity contribution < 1.29 is 23.9 Å². The average molecular weight is 560 g/mol. The maximum absolute atomic E-state index is 13.2. The smallest absolute Gasteiger partial charge is 0.335 e. The molecule has 1 N–H and O–H groups in total. The van der Waals surface area contributed by atoms with Crippen LogP contribution in [0, 0.1) is 6.92 Å². The maximum Gasteiger partial charge on any atom is 0.335 e. The zero-order chi connectivity index (χ0) is 26.7. The summed E-state index contributed by atoms with van der Waals surface area (Å²) in [4.78, 5) is 39.2. The lowest BCUT2D eigenvalue weighted by molar-refractivity contribution is -0.122. The largest absolute Gasteiger partial charge is 0.490 e. The Hall–Kier alpha value is -3.52. The Bertz CT molecular complexity index is 1420. The topological polar surface area (TPSA) is 84.9 Å². The molecule has 0 spiro atoms. The Morgan fingerprint density at radius 3 is 2.32 bits per heavy atom. The van der Waals surface area contributed by atoms with E-state index in [2.05, 4.69) is 5.32 Å². The highest BCUT2D eigenvalue weighted by Crippen LogP contribution is 2.38. The number of rotatable bonds is 7. The first kappa shape index (κ1) is 26.5. The first-order valence-electron chi connectivity index (χ1n) is 11.2. The van der Waals surface area contributed by atoms with Gasteiger partial charge >= 0.3 is 6.03 Å². The van der Waals surface area contributed by atoms with Crippen molar-refractivity contribution in [3.8, 4) is 11.5 Å². The van der Waals surface area contributed by atoms with Gasteiger partial charge in [0.25, 0.3) is 11.8 Å². The standard InChI is InChI=1S/C27H21Cl3N2O5/c1-3-36-23-12-17(11-22(30)24(23)37-14-16-5-7-18(28)8-6-16)10-20-25(33)31-27(35)32(26(20)34)19-9-4-15(2)21(29)13-19/h4-13H,3,14H2,1-2H3,(H,31,33,35)/b20-10-. The quantitative estimate of drug-likeness (QED) is 0.260. The summed E-state index contributed by atoms with van der Waals surface area (Å²) < 4.78 is 11.6. The molecule has 7 nitrogen and oxygen atoms in total. The number of hydrogen-bond acceptors (Lipinski definition) is 5. The Morgan fingerprint density at radius 2 is 1.65 bits per heavy atom. The predicted octanol–water partition coefficient (Wildman–Crippen LogP) is 6.60. The van der Waals surface area contributed by atoms with E-state index in [1.165, 1.54) is 12.1 Å². The highest BCUT2D eigenvalue weighted by Gasteiger charge is 2.37. The van der Waals surface area contributed by atoms with Gasteiger partial charge in [-0.15, -0.1) is 0 Å². The summed E-state index contributed by atoms with van der Waals surface area (Å²) in [5, 5.41) is 3.39. The number of ether oxygens (including phenoxy) is 2. The van der Waals surface area contributed by atoms with Gasteiger partial charge in [-0.1, -0.05) is 53.0 Å². The molecule has 4 amide bonds. The fourth-order valence-electron chi connectivity index (χ4n) is 3.59. The molecule has 190 valence electrons. The van der Waals surface area contributed by atoms with Crippen LogP contribution in [0.4, 0.5) is 10.5 Å². The number of aryl methyl sites for hydroxylation is 1. The molecule has 0 aliphatic carbocycles. The molecule has 37 heavy (non-hydrogen) atoms. The van der Waals surface area contributed by atoms with Crippen LogP contribution in [0.15, 0.2) is 60.2 Å². The van der Waals surface area contributed by atoms with Crippen LogP contribution in [0.5, 0.6) is 11.5 Å². The first-order valence-corrected chi connectivity index (χ1v) is 12.3. The number of anilines is 1. The molecule has 1 saturated heterocycles. The summed E-state index contributed by atoms with van der Waals surface area (Å²) in [5.74, 6) is -0.990. The lowest BCUT2D eigenvalue weighted by Crippen LogP contribution is -2.54. The molecule has 0 saturated carbocycles. The fourth-order valence-corrected chi connectivity index (χ4v) is 4.16. The Kier molecular flexibility index (Phi) is 8.07. The third kappa shape index (κ3) is 5.91. The van der Waals surface area contributed by atoms with E-state index in [1.807, 2.05) is 12.1 Å². The molecule has 3 aromatic rings. The summed E-state index contributed by atoms with van der Waals surface area (Å²) in [6, 6.07) is 14.2. The van der Waals surface area contributed by atoms with Crippen LogP contribution in [0.1, 0.15) is 23.6 Å². The van der Waals surface area contributed by atoms with E-state index in [-0.39, 0.29) is 22.9 Å². The Morgan fingerprint density at radius 1 is 0.919 bits per heavy atom. The molecule has 1 fully saturated rings. The van der Waals surface area contributed by atoms with Crippen molar-refractivity contribution in [3.05, 3.63) is 91.9 Å². The van der Waals surface area contributed by atoms with Crippen molar-refractivity contribution in [3.63, 3.8) is 0 Å². The average Bonchev–Trinajstić information content (AvgIpc) is 2.84. The lowest BCUT2D eigenvalue weighted by atomic mass is 10.1. The molecule has 0 unspecified atom stereocenters. The molecule has 0 aromatic heterocycles. The van der Waals surface area contributed by atoms with Crippen LogP contribution >= 0.6 is 34.8 Å². The summed E-state index contributed by atoms with van der Waals surface area (Å²) in [5.41, 5.74) is 2.03. The van der Waals surface area contributed by atoms with Gasteiger partial charge in [-0.3, -0.25) is 14.9 Å². The predicted molar refractivity (Wildman–Crippen MR) is 144 cm³/mol. The van der Waals surface area contributed by atoms with Crippen LogP contribution in [-0.4, -0.2) is 24.5 Å². The molecule has 1 aliphatic rings. The maximum atomic E-state index is 13.2. The van der Waals surface area contributed by atoms with E-state index in [4.69, 9.17) is 44.3 Å². The summed E-state index contributed by atoms with van der Waals surface area (Å²) in [6.07, 6.45) is 1.34. The van der Waals surface area contributed by atoms with Crippen LogP contribution in [0.2, 0.25) is 15.1 Å². The second kappa shape index (κ2) is 11.3. The number of hydrogen-bond donors (Lipinski definition) is 1. The number of halogens is 3. The number of urea groups is 1. The molecule has 1 heterocycles. The van der Waals surface area contributed by atoms with Crippen LogP contribution in [0.3, 0.4) is 0 Å². The SMILES string of the molecule is CCOc1cc(/C=C2/C(=O)NC(=O)N(c3ccc(C)c(Cl)c3)C2=O)cc(Cl)c1OCc1ccc(Cl)cc1. The minimum Gasteiger partial charge on any atom is -0.490 e. The molecule has 3 aromatic carbocycles. The highest BCUT2D eigenvalue weighted by atomic mass is 35.5. The van der Waals surface area contributed by atoms with Gasteiger partial charge in [0.15, 0.2) is 11.5 Å². The highest BCUT2D eigenvalue weighted by molar-refractivity contribution is 6.39. The van der Waals surface area contributed by atoms with Crippen molar-refractivity contribution in [1.29, 1.82) is 0 Å². The third-order valence-electron chi connectivity index (χ3n) is 5.45. The molecule has 0 atom stereocenters. The van der Waals surface area contributed by atoms with Crippen molar-refractivity contribution in [2.45, 2.75) is 20.5 Å². The Labute approximate surface area is 228 Å². The van der Waals surface area contributed by atoms with Gasteiger partial charge in [-0.25, -0.2) is 9.69 Å². The zero-order valence-electron chi connectivity index (χ0n) is 19.8. The van der Waals surface area contributed by atoms with Crippen LogP contribution in [-0.2, 0) is 16.2 Å². The summed E-state index contributed by atoms with van der Waals surface area (Å²) in [7, 11) is 0. The van der Waals surface area contributed by atoms with Gasteiger partial charge in [-0.2, -0.15) is 0 Å². The first-order chi connectivity index (χ1) is 17.7. The van der Waals surface area contributed by atoms with Gasteiger partial charge in [0, 0.05) is 10.0 Å². The monoisotopic (exact) mass is 558 g/mol. The van der Waals surface area contributed by atoms with Crippen molar-refractivity contribution in [2.75, 3.05) is 11.5 Å². The molecule has 0 radical (unpaired) electrons. The van der Waals surface area contributed by atoms with E-state index in [0.29, 0.717) is 33.7 Å². The van der Waals surface area contributed by atoms with Crippen LogP contribution in [0.25, 0.3) is 6.08 Å². The number of amides is 4. The number of imide groups is 2. The minimum absolute atomic E-state index is 0.216. The summed E-state index contributed by atoms with van der Waals surface area (Å²) >= 11 is 18.6. The van der Waals surface area contributed by atoms with E-state index in [1.54, 1.807) is 50.2 Å². The minimum atomic E-state index is -0.869. The lowest BCUT2D eigenvalue weighted by Gasteiger charge is -2.26. The normalized spacial score (nSPS) is 14.7. The Balaban J connectivity index is 1.66. The zero-order valence-corrected chi connectivity index (χ0v) is 22.1. The van der Waals surface area contributed by atoms with Gasteiger partial charge in [0.1, 0.15) is 12.2 Å². The molecule has 10 heteroatoms. The molecular weight excluding hydrogens is 539 g/mol. The van der Waals surface area contributed by atoms with Crippen LogP contribution < -0.4 is 19.7 Å². The molecular formula is C27H21Cl3N2O5. The third-order valence-corrected chi connectivity index (χ3v) is 6.39. The van der Waals surface area contributed by atoms with E-state index >= 15 is 0 Å². The van der Waals surface area contributed by atoms with Gasteiger partial charge in [0.2, 0.25) is 0 Å². The van der Waals surface area contributed by atoms with Crippen molar-refractivity contribution in [2.24, 2.45) is 0 Å². The van der Waals surface area contributed by atoms with E-state index in [0.717, 1.165) is 16.0 Å². The van der Waals surface area contributed by atoms with E-state index < -0.39 is 17.8 Å². The number of nitrogens with one attached hydrogen (secondary N) is 1. The van der Waals surface area contributed by atoms with Crippen molar-refractivity contribution in [1.82, 2.24) is 5.32 Å². The van der Waals surface area contributed by atoms with Gasteiger partial charge < -0.3 is 9.47 Å². The second-order valence-corrected chi connectivity index (χ2v) is 9.32. The number of carbonyl (C=O) groups excluding carboxylic acids is 3. The number of benzene rings is 3. The second-order valence-electron chi connectivity index (χ2n) is 8.07. The number of barbiturate groups is 1. The number of carbonyl (C=O) groups is 3. The van der Waals surface area contributed by atoms with E-state index in [9.17, 15) is 14.4 Å². The molecule has 0 bridgehead atoms. The van der Waals surface area contributed by atoms with Gasteiger partial charge in [-0.05, 0) is 73.0 Å². The molecule has 1 aliphatic heterocycles. The van der Waals surface area contributed by atoms with Crippen molar-refractivity contribution >= 4 is 64.4 Å². The fraction of sp³-hybridized carbons (Fsp3) is 0.148.